The molecule has 8 nitrogen and oxygen atoms in total. The molecule has 0 atom stereocenters. The van der Waals surface area contributed by atoms with Gasteiger partial charge in [-0.25, -0.2) is 14.8 Å². The molecule has 0 radical (unpaired) electrons. The van der Waals surface area contributed by atoms with Gasteiger partial charge in [0.15, 0.2) is 11.6 Å². The highest BCUT2D eigenvalue weighted by Gasteiger charge is 2.46. The minimum Gasteiger partial charge on any atom is -0.465 e. The van der Waals surface area contributed by atoms with Crippen molar-refractivity contribution in [2.24, 2.45) is 17.1 Å². The Hall–Kier alpha value is -2.71. The van der Waals surface area contributed by atoms with Crippen LogP contribution >= 0.6 is 0 Å². The maximum Gasteiger partial charge on any atom is 0.341 e. The van der Waals surface area contributed by atoms with Gasteiger partial charge in [-0.15, -0.1) is 0 Å². The van der Waals surface area contributed by atoms with Crippen molar-refractivity contribution in [2.45, 2.75) is 44.6 Å². The van der Waals surface area contributed by atoms with E-state index >= 15 is 0 Å². The molecule has 3 heterocycles. The van der Waals surface area contributed by atoms with Gasteiger partial charge in [0.1, 0.15) is 17.6 Å². The normalized spacial score (nSPS) is 24.5. The first-order valence-corrected chi connectivity index (χ1v) is 12.4. The maximum absolute atomic E-state index is 12.1. The molecule has 2 saturated heterocycles. The number of ether oxygens (including phenoxy) is 2. The average Bonchev–Trinajstić information content (AvgIpc) is 2.85. The van der Waals surface area contributed by atoms with E-state index in [1.54, 1.807) is 30.7 Å². The lowest BCUT2D eigenvalue weighted by molar-refractivity contribution is 0.0597. The quantitative estimate of drug-likeness (QED) is 0.648. The van der Waals surface area contributed by atoms with E-state index in [4.69, 9.17) is 15.2 Å². The molecule has 1 spiro atoms. The molecule has 1 saturated carbocycles. The Kier molecular flexibility index (Phi) is 6.70. The Labute approximate surface area is 201 Å². The van der Waals surface area contributed by atoms with Crippen LogP contribution in [0.5, 0.6) is 11.5 Å². The lowest BCUT2D eigenvalue weighted by Crippen LogP contribution is -2.61. The van der Waals surface area contributed by atoms with E-state index in [-0.39, 0.29) is 0 Å². The van der Waals surface area contributed by atoms with Crippen molar-refractivity contribution in [3.05, 3.63) is 42.4 Å². The van der Waals surface area contributed by atoms with Crippen LogP contribution in [0.15, 0.2) is 36.8 Å². The second kappa shape index (κ2) is 9.88. The number of carbonyl (C=O) groups is 1. The van der Waals surface area contributed by atoms with E-state index in [0.29, 0.717) is 28.5 Å². The number of rotatable bonds is 6. The second-order valence-electron chi connectivity index (χ2n) is 10.2. The van der Waals surface area contributed by atoms with Crippen LogP contribution < -0.4 is 15.4 Å². The lowest BCUT2D eigenvalue weighted by atomic mass is 9.71. The fraction of sp³-hybridized carbons (Fsp3) is 0.577. The van der Waals surface area contributed by atoms with E-state index in [9.17, 15) is 4.79 Å². The molecule has 1 aliphatic carbocycles. The summed E-state index contributed by atoms with van der Waals surface area (Å²) in [6.07, 6.45) is 10.6. The lowest BCUT2D eigenvalue weighted by Gasteiger charge is -2.54. The largest absolute Gasteiger partial charge is 0.465 e. The van der Waals surface area contributed by atoms with Crippen LogP contribution in [0.25, 0.3) is 0 Å². The molecule has 0 unspecified atom stereocenters. The molecule has 182 valence electrons. The summed E-state index contributed by atoms with van der Waals surface area (Å²) in [5.41, 5.74) is 6.82. The van der Waals surface area contributed by atoms with Gasteiger partial charge in [0.25, 0.3) is 0 Å². The summed E-state index contributed by atoms with van der Waals surface area (Å²) in [6.45, 7) is 5.54. The number of methoxy groups -OCH3 is 1. The number of nitrogens with zero attached hydrogens (tertiary/aromatic N) is 4. The van der Waals surface area contributed by atoms with Crippen molar-refractivity contribution in [1.29, 1.82) is 0 Å². The SMILES string of the molecule is COC(=O)c1ccccc1Oc1cncnc1N1CC2(CCN(CC3CCC(N)CC3)CC2)C1. The van der Waals surface area contributed by atoms with Crippen LogP contribution in [0.1, 0.15) is 48.9 Å². The van der Waals surface area contributed by atoms with Gasteiger partial charge in [-0.3, -0.25) is 0 Å². The number of hydrogen-bond donors (Lipinski definition) is 1. The molecular weight excluding hydrogens is 430 g/mol. The third-order valence-corrected chi connectivity index (χ3v) is 7.85. The number of hydrogen-bond acceptors (Lipinski definition) is 8. The number of nitrogens with two attached hydrogens (primary N) is 1. The van der Waals surface area contributed by atoms with E-state index < -0.39 is 5.97 Å². The van der Waals surface area contributed by atoms with Crippen molar-refractivity contribution < 1.29 is 14.3 Å². The minimum atomic E-state index is -0.431. The first-order chi connectivity index (χ1) is 16.5. The third-order valence-electron chi connectivity index (χ3n) is 7.85. The molecule has 2 aliphatic heterocycles. The zero-order valence-corrected chi connectivity index (χ0v) is 20.0. The van der Waals surface area contributed by atoms with Crippen LogP contribution in [-0.4, -0.2) is 66.7 Å². The molecule has 5 rings (SSSR count). The summed E-state index contributed by atoms with van der Waals surface area (Å²) in [5, 5.41) is 0. The number of carbonyl (C=O) groups excluding carboxylic acids is 1. The highest BCUT2D eigenvalue weighted by atomic mass is 16.5. The fourth-order valence-electron chi connectivity index (χ4n) is 5.75. The second-order valence-corrected chi connectivity index (χ2v) is 10.2. The van der Waals surface area contributed by atoms with Crippen molar-refractivity contribution in [3.63, 3.8) is 0 Å². The summed E-state index contributed by atoms with van der Waals surface area (Å²) < 4.78 is 11.0. The first-order valence-electron chi connectivity index (χ1n) is 12.4. The van der Waals surface area contributed by atoms with Crippen LogP contribution in [0.2, 0.25) is 0 Å². The molecule has 2 aromatic rings. The summed E-state index contributed by atoms with van der Waals surface area (Å²) >= 11 is 0. The van der Waals surface area contributed by atoms with Crippen molar-refractivity contribution in [1.82, 2.24) is 14.9 Å². The summed E-state index contributed by atoms with van der Waals surface area (Å²) in [5.74, 6) is 2.17. The Bertz CT molecular complexity index is 991. The summed E-state index contributed by atoms with van der Waals surface area (Å²) in [6, 6.07) is 7.50. The predicted octanol–water partition coefficient (Wildman–Crippen LogP) is 3.48. The van der Waals surface area contributed by atoms with Gasteiger partial charge < -0.3 is 25.0 Å². The zero-order chi connectivity index (χ0) is 23.5. The summed E-state index contributed by atoms with van der Waals surface area (Å²) in [7, 11) is 1.37. The van der Waals surface area contributed by atoms with Gasteiger partial charge in [-0.1, -0.05) is 12.1 Å². The molecule has 3 aliphatic rings. The molecule has 0 amide bonds. The van der Waals surface area contributed by atoms with Crippen LogP contribution in [0.4, 0.5) is 5.82 Å². The van der Waals surface area contributed by atoms with Crippen molar-refractivity contribution in [2.75, 3.05) is 44.7 Å². The fourth-order valence-corrected chi connectivity index (χ4v) is 5.75. The van der Waals surface area contributed by atoms with Gasteiger partial charge in [0.05, 0.1) is 13.3 Å². The third kappa shape index (κ3) is 4.88. The van der Waals surface area contributed by atoms with Gasteiger partial charge in [-0.05, 0) is 69.7 Å². The number of benzene rings is 1. The number of likely N-dealkylation sites (tertiary alicyclic amines) is 1. The standard InChI is InChI=1S/C26H35N5O3/c1-33-25(32)21-4-2-3-5-22(21)34-23-14-28-18-29-24(23)31-16-26(17-31)10-12-30(13-11-26)15-19-6-8-20(27)9-7-19/h2-5,14,18-20H,6-13,15-17,27H2,1H3. The van der Waals surface area contributed by atoms with Crippen LogP contribution in [-0.2, 0) is 4.74 Å². The minimum absolute atomic E-state index is 0.359. The number of para-hydroxylation sites is 1. The molecule has 1 aromatic carbocycles. The molecular formula is C26H35N5O3. The smallest absolute Gasteiger partial charge is 0.341 e. The van der Waals surface area contributed by atoms with Crippen LogP contribution in [0, 0.1) is 11.3 Å². The van der Waals surface area contributed by atoms with Gasteiger partial charge in [0.2, 0.25) is 0 Å². The number of piperidine rings is 1. The molecule has 3 fully saturated rings. The topological polar surface area (TPSA) is 93.8 Å². The number of esters is 1. The van der Waals surface area contributed by atoms with E-state index in [2.05, 4.69) is 19.8 Å². The highest BCUT2D eigenvalue weighted by Crippen LogP contribution is 2.45. The van der Waals surface area contributed by atoms with Crippen molar-refractivity contribution >= 4 is 11.8 Å². The Balaban J connectivity index is 1.19. The number of aromatic nitrogens is 2. The Morgan fingerprint density at radius 2 is 1.85 bits per heavy atom. The van der Waals surface area contributed by atoms with Crippen molar-refractivity contribution in [3.8, 4) is 11.5 Å². The molecule has 34 heavy (non-hydrogen) atoms. The van der Waals surface area contributed by atoms with Gasteiger partial charge in [-0.2, -0.15) is 0 Å². The molecule has 0 bridgehead atoms. The van der Waals surface area contributed by atoms with Crippen LogP contribution in [0.3, 0.4) is 0 Å². The Morgan fingerprint density at radius 3 is 2.59 bits per heavy atom. The average molecular weight is 466 g/mol. The summed E-state index contributed by atoms with van der Waals surface area (Å²) in [4.78, 5) is 25.7. The number of anilines is 1. The monoisotopic (exact) mass is 465 g/mol. The predicted molar refractivity (Wildman–Crippen MR) is 130 cm³/mol. The molecule has 1 aromatic heterocycles. The zero-order valence-electron chi connectivity index (χ0n) is 20.0. The first kappa shape index (κ1) is 23.1. The maximum atomic E-state index is 12.1. The highest BCUT2D eigenvalue weighted by molar-refractivity contribution is 5.92. The van der Waals surface area contributed by atoms with E-state index in [0.717, 1.165) is 24.8 Å². The van der Waals surface area contributed by atoms with Gasteiger partial charge in [0, 0.05) is 31.1 Å². The molecule has 2 N–H and O–H groups in total. The van der Waals surface area contributed by atoms with E-state index in [1.165, 1.54) is 65.3 Å². The van der Waals surface area contributed by atoms with Gasteiger partial charge >= 0.3 is 5.97 Å². The van der Waals surface area contributed by atoms with E-state index in [1.807, 2.05) is 6.07 Å². The molecule has 8 heteroatoms. The Morgan fingerprint density at radius 1 is 1.12 bits per heavy atom.